The fraction of sp³-hybridized carbons (Fsp3) is 1.00. The zero-order chi connectivity index (χ0) is 10.9. The van der Waals surface area contributed by atoms with E-state index >= 15 is 0 Å². The van der Waals surface area contributed by atoms with Crippen molar-refractivity contribution in [2.24, 2.45) is 0 Å². The fourth-order valence-corrected chi connectivity index (χ4v) is 1.74. The number of hydrogen-bond donors (Lipinski definition) is 0. The molecule has 0 fully saturated rings. The van der Waals surface area contributed by atoms with Gasteiger partial charge in [-0.25, -0.2) is 0 Å². The molecule has 13 heavy (non-hydrogen) atoms. The van der Waals surface area contributed by atoms with Crippen molar-refractivity contribution in [2.45, 2.75) is 44.2 Å². The van der Waals surface area contributed by atoms with Crippen molar-refractivity contribution in [3.63, 3.8) is 0 Å². The second kappa shape index (κ2) is 3.55. The van der Waals surface area contributed by atoms with Gasteiger partial charge in [-0.05, 0) is 0 Å². The lowest BCUT2D eigenvalue weighted by Crippen LogP contribution is -2.38. The summed E-state index contributed by atoms with van der Waals surface area (Å²) in [6, 6.07) is -0.0144. The lowest BCUT2D eigenvalue weighted by atomic mass is 10.2. The highest BCUT2D eigenvalue weighted by Gasteiger charge is 2.56. The van der Waals surface area contributed by atoms with Crippen LogP contribution in [0.25, 0.3) is 0 Å². The Bertz CT molecular complexity index is 167. The molecule has 0 aromatic heterocycles. The zero-order valence-corrected chi connectivity index (χ0v) is 8.80. The molecule has 0 N–H and O–H groups in total. The van der Waals surface area contributed by atoms with Crippen molar-refractivity contribution < 1.29 is 22.0 Å². The molecule has 0 rings (SSSR count). The van der Waals surface area contributed by atoms with E-state index in [2.05, 4.69) is 0 Å². The van der Waals surface area contributed by atoms with Gasteiger partial charge in [0.1, 0.15) is 0 Å². The highest BCUT2D eigenvalue weighted by Crippen LogP contribution is 2.40. The van der Waals surface area contributed by atoms with Crippen LogP contribution in [0.1, 0.15) is 6.42 Å². The van der Waals surface area contributed by atoms with E-state index in [-0.39, 0.29) is 6.04 Å². The third-order valence-corrected chi connectivity index (χ3v) is 3.35. The molecule has 0 saturated carbocycles. The number of hydrogen-bond acceptors (Lipinski definition) is 0. The molecule has 80 valence electrons. The molecule has 0 spiro atoms. The van der Waals surface area contributed by atoms with Crippen LogP contribution in [0, 0.1) is 0 Å². The Morgan fingerprint density at radius 3 is 1.54 bits per heavy atom. The molecular weight excluding hydrogens is 207 g/mol. The van der Waals surface area contributed by atoms with Gasteiger partial charge in [0, 0.05) is 14.5 Å². The van der Waals surface area contributed by atoms with Crippen molar-refractivity contribution in [3.8, 4) is 0 Å². The second-order valence-corrected chi connectivity index (χ2v) is 9.88. The van der Waals surface area contributed by atoms with Crippen LogP contribution in [-0.4, -0.2) is 20.2 Å². The smallest absolute Gasteiger partial charge is 0.196 e. The molecule has 0 aliphatic rings. The summed E-state index contributed by atoms with van der Waals surface area (Å²) in [5.41, 5.74) is 0. The van der Waals surface area contributed by atoms with Crippen LogP contribution in [0.5, 0.6) is 0 Å². The third kappa shape index (κ3) is 4.59. The van der Waals surface area contributed by atoms with E-state index in [4.69, 9.17) is 0 Å². The molecule has 0 radical (unpaired) electrons. The first-order chi connectivity index (χ1) is 5.46. The SMILES string of the molecule is C[Si](C)(C)CCC(F)(F)C(F)(F)F. The third-order valence-electron chi connectivity index (χ3n) is 1.60. The Morgan fingerprint density at radius 1 is 0.923 bits per heavy atom. The van der Waals surface area contributed by atoms with Crippen LogP contribution in [0.4, 0.5) is 22.0 Å². The maximum Gasteiger partial charge on any atom is 0.453 e. The van der Waals surface area contributed by atoms with E-state index in [0.29, 0.717) is 0 Å². The highest BCUT2D eigenvalue weighted by molar-refractivity contribution is 6.76. The normalized spacial score (nSPS) is 14.8. The highest BCUT2D eigenvalue weighted by atomic mass is 28.3. The average Bonchev–Trinajstić information content (AvgIpc) is 1.79. The van der Waals surface area contributed by atoms with Gasteiger partial charge in [0.05, 0.1) is 0 Å². The molecule has 0 heterocycles. The van der Waals surface area contributed by atoms with Gasteiger partial charge in [0.2, 0.25) is 0 Å². The van der Waals surface area contributed by atoms with Crippen LogP contribution in [-0.2, 0) is 0 Å². The Balaban J connectivity index is 4.21. The quantitative estimate of drug-likeness (QED) is 0.499. The van der Waals surface area contributed by atoms with E-state index < -0.39 is 26.6 Å². The molecule has 0 nitrogen and oxygen atoms in total. The molecular formula is C7H13F5Si. The van der Waals surface area contributed by atoms with Gasteiger partial charge in [-0.15, -0.1) is 0 Å². The molecule has 0 aliphatic heterocycles. The van der Waals surface area contributed by atoms with Crippen LogP contribution in [0.3, 0.4) is 0 Å². The minimum Gasteiger partial charge on any atom is -0.196 e. The summed E-state index contributed by atoms with van der Waals surface area (Å²) in [7, 11) is -1.83. The summed E-state index contributed by atoms with van der Waals surface area (Å²) >= 11 is 0. The zero-order valence-electron chi connectivity index (χ0n) is 7.80. The largest absolute Gasteiger partial charge is 0.453 e. The summed E-state index contributed by atoms with van der Waals surface area (Å²) in [5, 5.41) is 0. The van der Waals surface area contributed by atoms with Crippen LogP contribution in [0.15, 0.2) is 0 Å². The number of halogens is 5. The Morgan fingerprint density at radius 2 is 1.31 bits per heavy atom. The van der Waals surface area contributed by atoms with Gasteiger partial charge in [-0.2, -0.15) is 22.0 Å². The predicted molar refractivity (Wildman–Crippen MR) is 43.8 cm³/mol. The average molecular weight is 220 g/mol. The van der Waals surface area contributed by atoms with Gasteiger partial charge in [0.25, 0.3) is 0 Å². The first-order valence-corrected chi connectivity index (χ1v) is 7.61. The van der Waals surface area contributed by atoms with E-state index in [9.17, 15) is 22.0 Å². The Labute approximate surface area is 75.1 Å². The fourth-order valence-electron chi connectivity index (χ4n) is 0.674. The van der Waals surface area contributed by atoms with E-state index in [0.717, 1.165) is 0 Å². The Kier molecular flexibility index (Phi) is 3.51. The first-order valence-electron chi connectivity index (χ1n) is 3.90. The van der Waals surface area contributed by atoms with Gasteiger partial charge in [-0.1, -0.05) is 25.7 Å². The molecule has 0 aromatic rings. The van der Waals surface area contributed by atoms with Gasteiger partial charge in [-0.3, -0.25) is 0 Å². The maximum atomic E-state index is 12.4. The van der Waals surface area contributed by atoms with Crippen molar-refractivity contribution in [2.75, 3.05) is 0 Å². The van der Waals surface area contributed by atoms with Gasteiger partial charge >= 0.3 is 12.1 Å². The summed E-state index contributed by atoms with van der Waals surface area (Å²) in [6.45, 7) is 5.29. The Hall–Kier alpha value is -0.133. The second-order valence-electron chi connectivity index (χ2n) is 4.26. The topological polar surface area (TPSA) is 0 Å². The lowest BCUT2D eigenvalue weighted by Gasteiger charge is -2.23. The standard InChI is InChI=1S/C7H13F5Si/c1-13(2,3)5-4-6(8,9)7(10,11)12/h4-5H2,1-3H3. The van der Waals surface area contributed by atoms with Crippen LogP contribution >= 0.6 is 0 Å². The summed E-state index contributed by atoms with van der Waals surface area (Å²) in [5.74, 6) is -4.52. The van der Waals surface area contributed by atoms with E-state index in [1.54, 1.807) is 19.6 Å². The minimum absolute atomic E-state index is 0.0144. The monoisotopic (exact) mass is 220 g/mol. The van der Waals surface area contributed by atoms with Crippen LogP contribution < -0.4 is 0 Å². The molecule has 0 saturated heterocycles. The molecule has 0 amide bonds. The van der Waals surface area contributed by atoms with E-state index in [1.807, 2.05) is 0 Å². The summed E-state index contributed by atoms with van der Waals surface area (Å²) in [6.07, 6.45) is -6.47. The van der Waals surface area contributed by atoms with Gasteiger partial charge < -0.3 is 0 Å². The molecule has 0 atom stereocenters. The van der Waals surface area contributed by atoms with Crippen LogP contribution in [0.2, 0.25) is 25.7 Å². The lowest BCUT2D eigenvalue weighted by molar-refractivity contribution is -0.282. The summed E-state index contributed by atoms with van der Waals surface area (Å²) < 4.78 is 59.7. The van der Waals surface area contributed by atoms with E-state index in [1.165, 1.54) is 0 Å². The van der Waals surface area contributed by atoms with Crippen molar-refractivity contribution >= 4 is 8.07 Å². The molecule has 0 bridgehead atoms. The maximum absolute atomic E-state index is 12.4. The van der Waals surface area contributed by atoms with Crippen molar-refractivity contribution in [1.82, 2.24) is 0 Å². The minimum atomic E-state index is -5.40. The van der Waals surface area contributed by atoms with Crippen molar-refractivity contribution in [3.05, 3.63) is 0 Å². The van der Waals surface area contributed by atoms with Gasteiger partial charge in [0.15, 0.2) is 0 Å². The summed E-state index contributed by atoms with van der Waals surface area (Å²) in [4.78, 5) is 0. The molecule has 6 heteroatoms. The predicted octanol–water partition coefficient (Wildman–Crippen LogP) is 3.91. The van der Waals surface area contributed by atoms with Crippen molar-refractivity contribution in [1.29, 1.82) is 0 Å². The number of alkyl halides is 5. The molecule has 0 aliphatic carbocycles. The molecule has 0 aromatic carbocycles. The number of rotatable bonds is 3. The molecule has 0 unspecified atom stereocenters. The first kappa shape index (κ1) is 12.9.